The number of nitrogens with zero attached hydrogens (tertiary/aromatic N) is 1. The fourth-order valence-electron chi connectivity index (χ4n) is 6.99. The molecule has 218 valence electrons. The summed E-state index contributed by atoms with van der Waals surface area (Å²) in [5, 5.41) is 22.4. The highest BCUT2D eigenvalue weighted by Gasteiger charge is 2.69. The van der Waals surface area contributed by atoms with Crippen molar-refractivity contribution in [2.24, 2.45) is 34.8 Å². The quantitative estimate of drug-likeness (QED) is 0.461. The molecule has 0 saturated heterocycles. The molecule has 1 amide bonds. The number of aromatic hydroxyl groups is 1. The molecule has 10 heteroatoms. The minimum atomic E-state index is -2.74. The number of benzene rings is 1. The molecule has 0 aliphatic heterocycles. The van der Waals surface area contributed by atoms with Crippen molar-refractivity contribution in [2.75, 3.05) is 14.1 Å². The number of carbonyl (C=O) groups excluding carboxylic acids is 5. The number of hydrogen-bond donors (Lipinski definition) is 3. The van der Waals surface area contributed by atoms with Gasteiger partial charge in [-0.1, -0.05) is 20.8 Å². The number of primary amides is 1. The van der Waals surface area contributed by atoms with Gasteiger partial charge in [0.15, 0.2) is 34.7 Å². The Bertz CT molecular complexity index is 1480. The Labute approximate surface area is 237 Å². The van der Waals surface area contributed by atoms with E-state index in [1.807, 2.05) is 12.1 Å². The fraction of sp³-hybridized carbons (Fsp3) is 0.516. The number of nitrogens with two attached hydrogens (primary N) is 1. The van der Waals surface area contributed by atoms with E-state index >= 15 is 0 Å². The largest absolute Gasteiger partial charge is 0.507 e. The average Bonchev–Trinajstić information content (AvgIpc) is 3.33. The van der Waals surface area contributed by atoms with Crippen LogP contribution in [0.15, 0.2) is 28.7 Å². The van der Waals surface area contributed by atoms with Crippen LogP contribution in [0.2, 0.25) is 0 Å². The minimum Gasteiger partial charge on any atom is -0.507 e. The smallest absolute Gasteiger partial charge is 0.235 e. The number of Topliss-reactive ketones (excluding diaryl/α,β-unsaturated/α-hetero) is 4. The Morgan fingerprint density at radius 2 is 1.78 bits per heavy atom. The fourth-order valence-corrected chi connectivity index (χ4v) is 6.99. The molecule has 0 spiro atoms. The van der Waals surface area contributed by atoms with Crippen LogP contribution < -0.4 is 5.73 Å². The van der Waals surface area contributed by atoms with Gasteiger partial charge in [-0.05, 0) is 74.5 Å². The lowest BCUT2D eigenvalue weighted by Crippen LogP contribution is -2.74. The monoisotopic (exact) mass is 564 g/mol. The van der Waals surface area contributed by atoms with Gasteiger partial charge in [-0.2, -0.15) is 0 Å². The number of ketones is 4. The van der Waals surface area contributed by atoms with Crippen LogP contribution in [0.25, 0.3) is 11.3 Å². The molecule has 2 unspecified atom stereocenters. The number of hydrogen-bond acceptors (Lipinski definition) is 9. The number of aryl methyl sites for hydroxylation is 1. The van der Waals surface area contributed by atoms with Crippen LogP contribution >= 0.6 is 0 Å². The third kappa shape index (κ3) is 4.44. The van der Waals surface area contributed by atoms with Gasteiger partial charge < -0.3 is 20.4 Å². The third-order valence-corrected chi connectivity index (χ3v) is 8.99. The molecule has 1 aromatic carbocycles. The van der Waals surface area contributed by atoms with E-state index in [4.69, 9.17) is 10.2 Å². The molecule has 2 fully saturated rings. The van der Waals surface area contributed by atoms with Crippen LogP contribution in [0.4, 0.5) is 0 Å². The molecule has 0 radical (unpaired) electrons. The zero-order valence-electron chi connectivity index (χ0n) is 23.9. The van der Waals surface area contributed by atoms with Crippen molar-refractivity contribution in [3.05, 3.63) is 41.2 Å². The van der Waals surface area contributed by atoms with Crippen LogP contribution in [0.1, 0.15) is 55.3 Å². The molecule has 2 saturated carbocycles. The number of phenols is 1. The summed E-state index contributed by atoms with van der Waals surface area (Å²) in [6.07, 6.45) is 1.80. The molecule has 3 aliphatic rings. The summed E-state index contributed by atoms with van der Waals surface area (Å²) in [6, 6.07) is 5.59. The second-order valence-corrected chi connectivity index (χ2v) is 13.1. The number of amides is 1. The molecule has 10 nitrogen and oxygen atoms in total. The predicted molar refractivity (Wildman–Crippen MR) is 147 cm³/mol. The number of likely N-dealkylation sites (N-methyl/N-ethyl adjacent to an activating group) is 1. The molecule has 2 aromatic rings. The Balaban J connectivity index is 1.57. The standard InChI is InChI=1S/C31H36N2O8/c1-30(2,3)11-10-15-6-9-20(41-15)16-7-8-19(34)22-17(16)12-14-13-18-24(33(4)5)26(36)23(29(32)39)28(38)31(18,40)27(37)21(14)25(22)35/h6-9,14,18,21,23-24,34,40H,10-13H2,1-5H3,(H2,32,39)/t14-,18-,21?,23?,24-,31-/m1/s1. The summed E-state index contributed by atoms with van der Waals surface area (Å²) in [4.78, 5) is 68.0. The first-order valence-electron chi connectivity index (χ1n) is 13.9. The summed E-state index contributed by atoms with van der Waals surface area (Å²) >= 11 is 0. The van der Waals surface area contributed by atoms with E-state index in [2.05, 4.69) is 20.8 Å². The van der Waals surface area contributed by atoms with E-state index in [-0.39, 0.29) is 29.6 Å². The number of phenolic OH excluding ortho intramolecular Hbond substituents is 1. The second kappa shape index (κ2) is 9.73. The predicted octanol–water partition coefficient (Wildman–Crippen LogP) is 2.11. The van der Waals surface area contributed by atoms with Crippen LogP contribution in [-0.2, 0) is 32.0 Å². The molecular weight excluding hydrogens is 528 g/mol. The van der Waals surface area contributed by atoms with Crippen LogP contribution in [0, 0.1) is 29.1 Å². The van der Waals surface area contributed by atoms with E-state index in [1.165, 1.54) is 11.0 Å². The molecule has 5 rings (SSSR count). The highest BCUT2D eigenvalue weighted by atomic mass is 16.3. The first-order valence-corrected chi connectivity index (χ1v) is 13.9. The van der Waals surface area contributed by atoms with Gasteiger partial charge in [0, 0.05) is 17.9 Å². The van der Waals surface area contributed by atoms with Crippen molar-refractivity contribution in [3.63, 3.8) is 0 Å². The van der Waals surface area contributed by atoms with E-state index < -0.39 is 64.4 Å². The van der Waals surface area contributed by atoms with Crippen molar-refractivity contribution in [3.8, 4) is 17.1 Å². The highest BCUT2D eigenvalue weighted by Crippen LogP contribution is 2.51. The molecule has 3 aliphatic carbocycles. The second-order valence-electron chi connectivity index (χ2n) is 13.1. The molecule has 1 aromatic heterocycles. The van der Waals surface area contributed by atoms with Crippen LogP contribution in [-0.4, -0.2) is 69.9 Å². The molecule has 0 bridgehead atoms. The van der Waals surface area contributed by atoms with E-state index in [0.717, 1.165) is 18.6 Å². The first kappa shape index (κ1) is 28.9. The van der Waals surface area contributed by atoms with E-state index in [0.29, 0.717) is 16.9 Å². The lowest BCUT2D eigenvalue weighted by molar-refractivity contribution is -0.181. The summed E-state index contributed by atoms with van der Waals surface area (Å²) in [5.41, 5.74) is 3.80. The van der Waals surface area contributed by atoms with E-state index in [1.54, 1.807) is 20.2 Å². The van der Waals surface area contributed by atoms with Gasteiger partial charge in [0.2, 0.25) is 5.91 Å². The van der Waals surface area contributed by atoms with Gasteiger partial charge in [-0.25, -0.2) is 0 Å². The maximum atomic E-state index is 13.9. The topological polar surface area (TPSA) is 168 Å². The van der Waals surface area contributed by atoms with E-state index in [9.17, 15) is 34.2 Å². The average molecular weight is 565 g/mol. The van der Waals surface area contributed by atoms with Crippen molar-refractivity contribution < 1.29 is 38.6 Å². The van der Waals surface area contributed by atoms with Crippen molar-refractivity contribution in [2.45, 2.75) is 58.1 Å². The van der Waals surface area contributed by atoms with Gasteiger partial charge in [-0.3, -0.25) is 28.9 Å². The number of rotatable bonds is 5. The number of fused-ring (bicyclic) bond motifs is 3. The maximum absolute atomic E-state index is 13.9. The van der Waals surface area contributed by atoms with Gasteiger partial charge >= 0.3 is 0 Å². The summed E-state index contributed by atoms with van der Waals surface area (Å²) in [7, 11) is 3.11. The maximum Gasteiger partial charge on any atom is 0.235 e. The zero-order chi connectivity index (χ0) is 30.2. The number of carbonyl (C=O) groups is 5. The Kier molecular flexibility index (Phi) is 6.86. The molecule has 1 heterocycles. The number of furan rings is 1. The summed E-state index contributed by atoms with van der Waals surface area (Å²) in [6.45, 7) is 6.43. The molecule has 4 N–H and O–H groups in total. The summed E-state index contributed by atoms with van der Waals surface area (Å²) < 4.78 is 6.14. The molecule has 41 heavy (non-hydrogen) atoms. The lowest BCUT2D eigenvalue weighted by atomic mass is 9.52. The Hall–Kier alpha value is -3.63. The van der Waals surface area contributed by atoms with Gasteiger partial charge in [0.1, 0.15) is 17.3 Å². The summed E-state index contributed by atoms with van der Waals surface area (Å²) in [5.74, 6) is -9.35. The van der Waals surface area contributed by atoms with Crippen LogP contribution in [0.3, 0.4) is 0 Å². The third-order valence-electron chi connectivity index (χ3n) is 8.99. The highest BCUT2D eigenvalue weighted by molar-refractivity contribution is 6.32. The zero-order valence-corrected chi connectivity index (χ0v) is 23.9. The van der Waals surface area contributed by atoms with Crippen molar-refractivity contribution in [1.29, 1.82) is 0 Å². The lowest BCUT2D eigenvalue weighted by Gasteiger charge is -2.52. The minimum absolute atomic E-state index is 0.00597. The first-order chi connectivity index (χ1) is 19.1. The van der Waals surface area contributed by atoms with Gasteiger partial charge in [0.25, 0.3) is 0 Å². The van der Waals surface area contributed by atoms with Crippen LogP contribution in [0.5, 0.6) is 5.75 Å². The SMILES string of the molecule is CN(C)[C@H]1C(=O)C(C(N)=O)C(=O)[C@]2(O)C(=O)C3C(=O)c4c(O)ccc(-c5ccc(CCC(C)(C)C)o5)c4C[C@@H]3C[C@H]12. The number of aliphatic hydroxyl groups is 1. The van der Waals surface area contributed by atoms with Crippen molar-refractivity contribution >= 4 is 29.0 Å². The van der Waals surface area contributed by atoms with Gasteiger partial charge in [-0.15, -0.1) is 0 Å². The van der Waals surface area contributed by atoms with Gasteiger partial charge in [0.05, 0.1) is 17.5 Å². The Morgan fingerprint density at radius 3 is 2.39 bits per heavy atom. The Morgan fingerprint density at radius 1 is 1.10 bits per heavy atom. The van der Waals surface area contributed by atoms with Crippen molar-refractivity contribution in [1.82, 2.24) is 4.90 Å². The molecule has 6 atom stereocenters. The molecular formula is C31H36N2O8. The normalized spacial score (nSPS) is 29.8.